The number of anilines is 1. The standard InChI is InChI=1S/C19H20N2O2S/c1-22-16-9-8-14(11-17(16)23-15-6-2-3-7-15)21-12-13-5-4-10-20-18(13)19(21)24/h4-5,8-11,15H,2-3,6-7,12H2,1H3. The fraction of sp³-hybridized carbons (Fsp3) is 0.368. The maximum atomic E-state index is 6.20. The van der Waals surface area contributed by atoms with E-state index in [0.29, 0.717) is 6.10 Å². The lowest BCUT2D eigenvalue weighted by atomic mass is 10.2. The molecule has 1 aromatic heterocycles. The fourth-order valence-electron chi connectivity index (χ4n) is 3.45. The highest BCUT2D eigenvalue weighted by molar-refractivity contribution is 7.81. The predicted molar refractivity (Wildman–Crippen MR) is 98.0 cm³/mol. The lowest BCUT2D eigenvalue weighted by molar-refractivity contribution is 0.201. The van der Waals surface area contributed by atoms with Gasteiger partial charge in [0, 0.05) is 23.5 Å². The molecule has 4 rings (SSSR count). The van der Waals surface area contributed by atoms with Crippen LogP contribution in [0.4, 0.5) is 5.69 Å². The van der Waals surface area contributed by atoms with Crippen molar-refractivity contribution in [1.82, 2.24) is 4.98 Å². The summed E-state index contributed by atoms with van der Waals surface area (Å²) in [5, 5.41) is 0. The molecule has 0 saturated heterocycles. The zero-order valence-corrected chi connectivity index (χ0v) is 14.5. The molecule has 1 aliphatic carbocycles. The summed E-state index contributed by atoms with van der Waals surface area (Å²) in [6.45, 7) is 0.747. The Morgan fingerprint density at radius 2 is 2.00 bits per heavy atom. The summed E-state index contributed by atoms with van der Waals surface area (Å²) in [5.41, 5.74) is 3.09. The third kappa shape index (κ3) is 2.73. The van der Waals surface area contributed by atoms with Crippen LogP contribution >= 0.6 is 12.2 Å². The van der Waals surface area contributed by atoms with Gasteiger partial charge < -0.3 is 14.4 Å². The van der Waals surface area contributed by atoms with Crippen molar-refractivity contribution < 1.29 is 9.47 Å². The summed E-state index contributed by atoms with van der Waals surface area (Å²) in [6.07, 6.45) is 6.79. The molecule has 1 fully saturated rings. The Morgan fingerprint density at radius 3 is 2.75 bits per heavy atom. The highest BCUT2D eigenvalue weighted by Gasteiger charge is 2.27. The van der Waals surface area contributed by atoms with Crippen LogP contribution in [0.25, 0.3) is 0 Å². The van der Waals surface area contributed by atoms with Crippen molar-refractivity contribution in [2.75, 3.05) is 12.0 Å². The van der Waals surface area contributed by atoms with Crippen LogP contribution in [0.1, 0.15) is 36.9 Å². The van der Waals surface area contributed by atoms with E-state index in [4.69, 9.17) is 21.7 Å². The second-order valence-corrected chi connectivity index (χ2v) is 6.65. The van der Waals surface area contributed by atoms with E-state index in [1.165, 1.54) is 12.8 Å². The van der Waals surface area contributed by atoms with E-state index >= 15 is 0 Å². The van der Waals surface area contributed by atoms with Gasteiger partial charge in [-0.15, -0.1) is 0 Å². The van der Waals surface area contributed by atoms with E-state index in [9.17, 15) is 0 Å². The number of ether oxygens (including phenoxy) is 2. The number of hydrogen-bond donors (Lipinski definition) is 0. The summed E-state index contributed by atoms with van der Waals surface area (Å²) in [4.78, 5) is 7.29. The normalized spacial score (nSPS) is 17.2. The van der Waals surface area contributed by atoms with Gasteiger partial charge in [-0.2, -0.15) is 0 Å². The first kappa shape index (κ1) is 15.4. The number of aromatic nitrogens is 1. The molecule has 4 nitrogen and oxygen atoms in total. The van der Waals surface area contributed by atoms with Gasteiger partial charge in [0.2, 0.25) is 0 Å². The summed E-state index contributed by atoms with van der Waals surface area (Å²) in [5.74, 6) is 1.57. The summed E-state index contributed by atoms with van der Waals surface area (Å²) in [7, 11) is 1.68. The van der Waals surface area contributed by atoms with Gasteiger partial charge in [-0.1, -0.05) is 18.3 Å². The largest absolute Gasteiger partial charge is 0.493 e. The van der Waals surface area contributed by atoms with Crippen molar-refractivity contribution in [3.05, 3.63) is 47.8 Å². The van der Waals surface area contributed by atoms with E-state index in [1.807, 2.05) is 24.3 Å². The second kappa shape index (κ2) is 6.40. The van der Waals surface area contributed by atoms with E-state index in [0.717, 1.165) is 52.8 Å². The highest BCUT2D eigenvalue weighted by Crippen LogP contribution is 2.37. The Labute approximate surface area is 147 Å². The van der Waals surface area contributed by atoms with Crippen LogP contribution in [0.5, 0.6) is 11.5 Å². The van der Waals surface area contributed by atoms with Crippen LogP contribution in [0.2, 0.25) is 0 Å². The van der Waals surface area contributed by atoms with Crippen LogP contribution in [0, 0.1) is 0 Å². The van der Waals surface area contributed by atoms with E-state index in [-0.39, 0.29) is 0 Å². The van der Waals surface area contributed by atoms with Gasteiger partial charge in [-0.25, -0.2) is 0 Å². The number of nitrogens with zero attached hydrogens (tertiary/aromatic N) is 2. The zero-order valence-electron chi connectivity index (χ0n) is 13.7. The van der Waals surface area contributed by atoms with E-state index in [1.54, 1.807) is 13.3 Å². The minimum atomic E-state index is 0.290. The third-order valence-corrected chi connectivity index (χ3v) is 5.14. The molecule has 5 heteroatoms. The number of fused-ring (bicyclic) bond motifs is 1. The molecule has 1 saturated carbocycles. The second-order valence-electron chi connectivity index (χ2n) is 6.26. The number of hydrogen-bond acceptors (Lipinski definition) is 4. The van der Waals surface area contributed by atoms with Crippen molar-refractivity contribution in [2.24, 2.45) is 0 Å². The molecule has 24 heavy (non-hydrogen) atoms. The number of benzene rings is 1. The zero-order chi connectivity index (χ0) is 16.5. The Morgan fingerprint density at radius 1 is 1.17 bits per heavy atom. The molecule has 1 aliphatic heterocycles. The Bertz CT molecular complexity index is 772. The van der Waals surface area contributed by atoms with Crippen LogP contribution in [-0.2, 0) is 6.54 Å². The number of pyridine rings is 1. The predicted octanol–water partition coefficient (Wildman–Crippen LogP) is 4.11. The lowest BCUT2D eigenvalue weighted by Crippen LogP contribution is -2.22. The topological polar surface area (TPSA) is 34.6 Å². The third-order valence-electron chi connectivity index (χ3n) is 4.72. The van der Waals surface area contributed by atoms with Crippen LogP contribution < -0.4 is 14.4 Å². The average molecular weight is 340 g/mol. The molecule has 0 bridgehead atoms. The van der Waals surface area contributed by atoms with Crippen molar-refractivity contribution in [3.63, 3.8) is 0 Å². The van der Waals surface area contributed by atoms with Gasteiger partial charge in [0.15, 0.2) is 11.5 Å². The van der Waals surface area contributed by atoms with Gasteiger partial charge >= 0.3 is 0 Å². The van der Waals surface area contributed by atoms with Crippen molar-refractivity contribution >= 4 is 22.9 Å². The van der Waals surface area contributed by atoms with Gasteiger partial charge in [-0.05, 0) is 43.9 Å². The number of thiocarbonyl (C=S) groups is 1. The first-order valence-corrected chi connectivity index (χ1v) is 8.77. The molecule has 2 aromatic rings. The molecular formula is C19H20N2O2S. The number of rotatable bonds is 4. The summed E-state index contributed by atoms with van der Waals surface area (Å²) >= 11 is 5.62. The Balaban J connectivity index is 1.63. The first-order valence-electron chi connectivity index (χ1n) is 8.36. The first-order chi connectivity index (χ1) is 11.8. The monoisotopic (exact) mass is 340 g/mol. The minimum Gasteiger partial charge on any atom is -0.493 e. The Hall–Kier alpha value is -2.14. The van der Waals surface area contributed by atoms with Gasteiger partial charge in [0.25, 0.3) is 0 Å². The van der Waals surface area contributed by atoms with Gasteiger partial charge in [-0.3, -0.25) is 4.98 Å². The molecule has 0 amide bonds. The van der Waals surface area contributed by atoms with Crippen molar-refractivity contribution in [3.8, 4) is 11.5 Å². The number of methoxy groups -OCH3 is 1. The maximum absolute atomic E-state index is 6.20. The molecule has 1 aromatic carbocycles. The molecule has 0 N–H and O–H groups in total. The van der Waals surface area contributed by atoms with E-state index in [2.05, 4.69) is 16.0 Å². The quantitative estimate of drug-likeness (QED) is 0.783. The molecule has 0 spiro atoms. The van der Waals surface area contributed by atoms with Crippen molar-refractivity contribution in [2.45, 2.75) is 38.3 Å². The van der Waals surface area contributed by atoms with Crippen LogP contribution in [0.3, 0.4) is 0 Å². The molecule has 0 atom stereocenters. The van der Waals surface area contributed by atoms with Crippen LogP contribution in [0.15, 0.2) is 36.5 Å². The molecule has 0 radical (unpaired) electrons. The SMILES string of the molecule is COc1ccc(N2Cc3cccnc3C2=S)cc1OC1CCCC1. The maximum Gasteiger partial charge on any atom is 0.163 e. The Kier molecular flexibility index (Phi) is 4.10. The lowest BCUT2D eigenvalue weighted by Gasteiger charge is -2.21. The van der Waals surface area contributed by atoms with E-state index < -0.39 is 0 Å². The van der Waals surface area contributed by atoms with Gasteiger partial charge in [0.05, 0.1) is 19.8 Å². The molecule has 124 valence electrons. The molecule has 2 aliphatic rings. The van der Waals surface area contributed by atoms with Crippen molar-refractivity contribution in [1.29, 1.82) is 0 Å². The smallest absolute Gasteiger partial charge is 0.163 e. The summed E-state index contributed by atoms with van der Waals surface area (Å²) < 4.78 is 11.7. The molecular weight excluding hydrogens is 320 g/mol. The van der Waals surface area contributed by atoms with Gasteiger partial charge in [0.1, 0.15) is 10.7 Å². The molecule has 2 heterocycles. The fourth-order valence-corrected chi connectivity index (χ4v) is 3.80. The average Bonchev–Trinajstić information content (AvgIpc) is 3.23. The highest BCUT2D eigenvalue weighted by atomic mass is 32.1. The van der Waals surface area contributed by atoms with Crippen LogP contribution in [-0.4, -0.2) is 23.2 Å². The minimum absolute atomic E-state index is 0.290. The summed E-state index contributed by atoms with van der Waals surface area (Å²) in [6, 6.07) is 10.0. The molecule has 0 unspecified atom stereocenters.